The van der Waals surface area contributed by atoms with Crippen LogP contribution in [0.15, 0.2) is 66.7 Å². The van der Waals surface area contributed by atoms with E-state index in [4.69, 9.17) is 0 Å². The molecular formula is C29H27F6N3O2. The topological polar surface area (TPSA) is 61.4 Å². The summed E-state index contributed by atoms with van der Waals surface area (Å²) in [5, 5.41) is 5.21. The Morgan fingerprint density at radius 3 is 1.98 bits per heavy atom. The van der Waals surface area contributed by atoms with Crippen molar-refractivity contribution in [2.75, 3.05) is 29.9 Å². The highest BCUT2D eigenvalue weighted by atomic mass is 19.4. The first-order valence-electron chi connectivity index (χ1n) is 12.7. The van der Waals surface area contributed by atoms with E-state index in [2.05, 4.69) is 10.6 Å². The van der Waals surface area contributed by atoms with Crippen LogP contribution in [-0.4, -0.2) is 31.4 Å². The highest BCUT2D eigenvalue weighted by molar-refractivity contribution is 6.06. The number of carbonyl (C=O) groups is 2. The van der Waals surface area contributed by atoms with Crippen molar-refractivity contribution in [3.05, 3.63) is 94.5 Å². The van der Waals surface area contributed by atoms with Crippen LogP contribution in [0, 0.1) is 0 Å². The number of piperidine rings is 1. The lowest BCUT2D eigenvalue weighted by Crippen LogP contribution is -2.33. The van der Waals surface area contributed by atoms with Crippen molar-refractivity contribution < 1.29 is 35.9 Å². The van der Waals surface area contributed by atoms with E-state index in [1.54, 1.807) is 6.07 Å². The summed E-state index contributed by atoms with van der Waals surface area (Å²) in [5.41, 5.74) is -2.03. The molecule has 1 saturated heterocycles. The molecule has 212 valence electrons. The lowest BCUT2D eigenvalue weighted by Gasteiger charge is -2.30. The summed E-state index contributed by atoms with van der Waals surface area (Å²) in [6.45, 7) is 1.78. The Morgan fingerprint density at radius 1 is 0.750 bits per heavy atom. The monoisotopic (exact) mass is 563 g/mol. The molecule has 3 aromatic rings. The molecule has 4 rings (SSSR count). The number of amides is 2. The van der Waals surface area contributed by atoms with Crippen LogP contribution in [0.25, 0.3) is 0 Å². The van der Waals surface area contributed by atoms with E-state index in [1.807, 2.05) is 35.2 Å². The number of anilines is 2. The van der Waals surface area contributed by atoms with Crippen molar-refractivity contribution in [3.8, 4) is 0 Å². The molecular weight excluding hydrogens is 536 g/mol. The van der Waals surface area contributed by atoms with Gasteiger partial charge in [0.15, 0.2) is 0 Å². The van der Waals surface area contributed by atoms with E-state index in [9.17, 15) is 35.9 Å². The predicted molar refractivity (Wildman–Crippen MR) is 139 cm³/mol. The first kappa shape index (κ1) is 29.0. The molecule has 0 saturated carbocycles. The number of nitrogens with one attached hydrogen (secondary N) is 2. The number of nitrogens with zero attached hydrogens (tertiary/aromatic N) is 1. The molecule has 5 nitrogen and oxygen atoms in total. The third-order valence-corrected chi connectivity index (χ3v) is 6.59. The maximum absolute atomic E-state index is 13.3. The number of halogens is 6. The summed E-state index contributed by atoms with van der Waals surface area (Å²) in [6.07, 6.45) is -6.66. The summed E-state index contributed by atoms with van der Waals surface area (Å²) >= 11 is 0. The SMILES string of the molecule is O=C(Nc1ccc(N2CCCCC2)c(C(=O)NCCc2ccccc2)c1)c1cc(C(F)(F)F)cc(C(F)(F)F)c1. The van der Waals surface area contributed by atoms with Crippen LogP contribution in [-0.2, 0) is 18.8 Å². The molecule has 0 bridgehead atoms. The van der Waals surface area contributed by atoms with Gasteiger partial charge in [0.1, 0.15) is 0 Å². The summed E-state index contributed by atoms with van der Waals surface area (Å²) < 4.78 is 79.5. The Balaban J connectivity index is 1.59. The van der Waals surface area contributed by atoms with E-state index in [0.717, 1.165) is 37.9 Å². The molecule has 11 heteroatoms. The molecule has 1 aliphatic heterocycles. The first-order chi connectivity index (χ1) is 18.9. The number of alkyl halides is 6. The minimum absolute atomic E-state index is 0.0396. The normalized spacial score (nSPS) is 14.1. The van der Waals surface area contributed by atoms with E-state index >= 15 is 0 Å². The lowest BCUT2D eigenvalue weighted by molar-refractivity contribution is -0.143. The number of benzene rings is 3. The molecule has 0 atom stereocenters. The molecule has 0 radical (unpaired) electrons. The highest BCUT2D eigenvalue weighted by Crippen LogP contribution is 2.36. The fraction of sp³-hybridized carbons (Fsp3) is 0.310. The molecule has 1 fully saturated rings. The largest absolute Gasteiger partial charge is 0.416 e. The van der Waals surface area contributed by atoms with Crippen LogP contribution < -0.4 is 15.5 Å². The molecule has 40 heavy (non-hydrogen) atoms. The molecule has 2 N–H and O–H groups in total. The van der Waals surface area contributed by atoms with Crippen LogP contribution in [0.5, 0.6) is 0 Å². The second-order valence-corrected chi connectivity index (χ2v) is 9.52. The number of carbonyl (C=O) groups excluding carboxylic acids is 2. The fourth-order valence-corrected chi connectivity index (χ4v) is 4.56. The molecule has 0 spiro atoms. The van der Waals surface area contributed by atoms with Gasteiger partial charge in [0, 0.05) is 36.6 Å². The van der Waals surface area contributed by atoms with Gasteiger partial charge in [0.2, 0.25) is 0 Å². The van der Waals surface area contributed by atoms with E-state index in [0.29, 0.717) is 30.8 Å². The first-order valence-corrected chi connectivity index (χ1v) is 12.7. The van der Waals surface area contributed by atoms with Gasteiger partial charge in [-0.25, -0.2) is 0 Å². The molecule has 3 aromatic carbocycles. The van der Waals surface area contributed by atoms with Crippen molar-refractivity contribution in [3.63, 3.8) is 0 Å². The third-order valence-electron chi connectivity index (χ3n) is 6.59. The van der Waals surface area contributed by atoms with Crippen LogP contribution in [0.3, 0.4) is 0 Å². The number of hydrogen-bond donors (Lipinski definition) is 2. The maximum atomic E-state index is 13.3. The van der Waals surface area contributed by atoms with Gasteiger partial charge in [-0.1, -0.05) is 30.3 Å². The van der Waals surface area contributed by atoms with Gasteiger partial charge in [-0.3, -0.25) is 9.59 Å². The van der Waals surface area contributed by atoms with Crippen LogP contribution in [0.1, 0.15) is 56.7 Å². The minimum atomic E-state index is -5.09. The summed E-state index contributed by atoms with van der Waals surface area (Å²) in [7, 11) is 0. The van der Waals surface area contributed by atoms with Crippen molar-refractivity contribution in [1.29, 1.82) is 0 Å². The highest BCUT2D eigenvalue weighted by Gasteiger charge is 2.37. The molecule has 0 unspecified atom stereocenters. The molecule has 1 aliphatic rings. The Kier molecular flexibility index (Phi) is 8.70. The summed E-state index contributed by atoms with van der Waals surface area (Å²) in [6, 6.07) is 14.7. The zero-order valence-electron chi connectivity index (χ0n) is 21.3. The minimum Gasteiger partial charge on any atom is -0.371 e. The molecule has 1 heterocycles. The molecule has 2 amide bonds. The molecule has 0 aliphatic carbocycles. The van der Waals surface area contributed by atoms with Gasteiger partial charge < -0.3 is 15.5 Å². The predicted octanol–water partition coefficient (Wildman–Crippen LogP) is 6.94. The van der Waals surface area contributed by atoms with Gasteiger partial charge in [0.05, 0.1) is 16.7 Å². The van der Waals surface area contributed by atoms with E-state index in [1.165, 1.54) is 12.1 Å². The van der Waals surface area contributed by atoms with Crippen LogP contribution in [0.4, 0.5) is 37.7 Å². The zero-order chi connectivity index (χ0) is 28.9. The van der Waals surface area contributed by atoms with Gasteiger partial charge >= 0.3 is 12.4 Å². The van der Waals surface area contributed by atoms with Gasteiger partial charge in [-0.2, -0.15) is 26.3 Å². The van der Waals surface area contributed by atoms with Crippen molar-refractivity contribution in [2.45, 2.75) is 38.0 Å². The van der Waals surface area contributed by atoms with Gasteiger partial charge in [0.25, 0.3) is 11.8 Å². The van der Waals surface area contributed by atoms with Crippen molar-refractivity contribution >= 4 is 23.2 Å². The smallest absolute Gasteiger partial charge is 0.371 e. The van der Waals surface area contributed by atoms with Crippen LogP contribution in [0.2, 0.25) is 0 Å². The standard InChI is InChI=1S/C29H27F6N3O2/c30-28(31,32)21-15-20(16-22(17-21)29(33,34)35)26(39)37-23-9-10-25(38-13-5-2-6-14-38)24(18-23)27(40)36-12-11-19-7-3-1-4-8-19/h1,3-4,7-10,15-18H,2,5-6,11-14H2,(H,36,40)(H,37,39). The summed E-state index contributed by atoms with van der Waals surface area (Å²) in [5.74, 6) is -1.58. The van der Waals surface area contributed by atoms with E-state index < -0.39 is 40.9 Å². The van der Waals surface area contributed by atoms with Gasteiger partial charge in [-0.05, 0) is 67.6 Å². The van der Waals surface area contributed by atoms with Crippen molar-refractivity contribution in [1.82, 2.24) is 5.32 Å². The average Bonchev–Trinajstić information content (AvgIpc) is 2.93. The quantitative estimate of drug-likeness (QED) is 0.306. The van der Waals surface area contributed by atoms with Crippen LogP contribution >= 0.6 is 0 Å². The fourth-order valence-electron chi connectivity index (χ4n) is 4.56. The van der Waals surface area contributed by atoms with Crippen molar-refractivity contribution in [2.24, 2.45) is 0 Å². The van der Waals surface area contributed by atoms with Gasteiger partial charge in [-0.15, -0.1) is 0 Å². The maximum Gasteiger partial charge on any atom is 0.416 e. The second-order valence-electron chi connectivity index (χ2n) is 9.52. The average molecular weight is 564 g/mol. The Bertz CT molecular complexity index is 1320. The number of rotatable bonds is 7. The Labute approximate surface area is 227 Å². The Hall–Kier alpha value is -4.02. The molecule has 0 aromatic heterocycles. The zero-order valence-corrected chi connectivity index (χ0v) is 21.3. The second kappa shape index (κ2) is 12.0. The lowest BCUT2D eigenvalue weighted by atomic mass is 10.0. The third kappa shape index (κ3) is 7.34. The summed E-state index contributed by atoms with van der Waals surface area (Å²) in [4.78, 5) is 28.1. The van der Waals surface area contributed by atoms with E-state index in [-0.39, 0.29) is 17.3 Å². The Morgan fingerprint density at radius 2 is 1.38 bits per heavy atom. The number of hydrogen-bond acceptors (Lipinski definition) is 3.